The van der Waals surface area contributed by atoms with E-state index < -0.39 is 0 Å². The van der Waals surface area contributed by atoms with Gasteiger partial charge in [-0.2, -0.15) is 5.10 Å². The van der Waals surface area contributed by atoms with Crippen molar-refractivity contribution in [1.29, 1.82) is 0 Å². The number of nitrogens with zero attached hydrogens (tertiary/aromatic N) is 4. The Labute approximate surface area is 98.5 Å². The van der Waals surface area contributed by atoms with Crippen LogP contribution in [0.3, 0.4) is 0 Å². The first-order chi connectivity index (χ1) is 7.65. The molecule has 0 fully saturated rings. The lowest BCUT2D eigenvalue weighted by Crippen LogP contribution is -2.07. The minimum Gasteiger partial charge on any atom is -0.364 e. The zero-order valence-corrected chi connectivity index (χ0v) is 9.86. The van der Waals surface area contributed by atoms with E-state index in [1.165, 1.54) is 0 Å². The standard InChI is InChI=1S/C10H12ClN5/c1-7-14-9(11)5-10(15-7)12-6-8-3-4-13-16(8)2/h3-5H,6H2,1-2H3,(H,12,14,15). The van der Waals surface area contributed by atoms with E-state index in [-0.39, 0.29) is 0 Å². The third-order valence-electron chi connectivity index (χ3n) is 2.18. The average Bonchev–Trinajstić information content (AvgIpc) is 2.59. The zero-order chi connectivity index (χ0) is 11.5. The van der Waals surface area contributed by atoms with Crippen molar-refractivity contribution in [3.8, 4) is 0 Å². The molecule has 16 heavy (non-hydrogen) atoms. The van der Waals surface area contributed by atoms with Gasteiger partial charge in [0.25, 0.3) is 0 Å². The highest BCUT2D eigenvalue weighted by atomic mass is 35.5. The second kappa shape index (κ2) is 4.49. The van der Waals surface area contributed by atoms with Crippen LogP contribution in [0, 0.1) is 6.92 Å². The van der Waals surface area contributed by atoms with E-state index in [0.29, 0.717) is 17.5 Å². The van der Waals surface area contributed by atoms with Crippen LogP contribution < -0.4 is 5.32 Å². The summed E-state index contributed by atoms with van der Waals surface area (Å²) in [5.41, 5.74) is 1.08. The second-order valence-corrected chi connectivity index (χ2v) is 3.81. The van der Waals surface area contributed by atoms with Gasteiger partial charge in [0.05, 0.1) is 12.2 Å². The average molecular weight is 238 g/mol. The van der Waals surface area contributed by atoms with E-state index in [1.54, 1.807) is 19.2 Å². The Morgan fingerprint density at radius 1 is 1.44 bits per heavy atom. The van der Waals surface area contributed by atoms with Gasteiger partial charge in [-0.25, -0.2) is 9.97 Å². The molecule has 0 radical (unpaired) electrons. The molecular weight excluding hydrogens is 226 g/mol. The van der Waals surface area contributed by atoms with E-state index >= 15 is 0 Å². The molecule has 0 aliphatic carbocycles. The number of hydrogen-bond acceptors (Lipinski definition) is 4. The van der Waals surface area contributed by atoms with E-state index in [9.17, 15) is 0 Å². The van der Waals surface area contributed by atoms with Crippen LogP contribution in [0.1, 0.15) is 11.5 Å². The van der Waals surface area contributed by atoms with Crippen LogP contribution in [0.2, 0.25) is 5.15 Å². The van der Waals surface area contributed by atoms with E-state index in [1.807, 2.05) is 17.8 Å². The van der Waals surface area contributed by atoms with Crippen molar-refractivity contribution in [2.45, 2.75) is 13.5 Å². The van der Waals surface area contributed by atoms with Crippen molar-refractivity contribution in [2.75, 3.05) is 5.32 Å². The van der Waals surface area contributed by atoms with Crippen molar-refractivity contribution in [2.24, 2.45) is 7.05 Å². The van der Waals surface area contributed by atoms with Gasteiger partial charge in [-0.05, 0) is 13.0 Å². The number of aromatic nitrogens is 4. The first-order valence-electron chi connectivity index (χ1n) is 4.87. The Kier molecular flexibility index (Phi) is 3.05. The smallest absolute Gasteiger partial charge is 0.134 e. The molecule has 6 heteroatoms. The van der Waals surface area contributed by atoms with Gasteiger partial charge in [-0.1, -0.05) is 11.6 Å². The molecule has 84 valence electrons. The van der Waals surface area contributed by atoms with Crippen molar-refractivity contribution in [3.05, 3.63) is 35.0 Å². The summed E-state index contributed by atoms with van der Waals surface area (Å²) >= 11 is 5.83. The predicted molar refractivity (Wildman–Crippen MR) is 62.3 cm³/mol. The van der Waals surface area contributed by atoms with Crippen LogP contribution >= 0.6 is 11.6 Å². The van der Waals surface area contributed by atoms with E-state index in [4.69, 9.17) is 11.6 Å². The third-order valence-corrected chi connectivity index (χ3v) is 2.37. The van der Waals surface area contributed by atoms with Gasteiger partial charge in [0, 0.05) is 19.3 Å². The Morgan fingerprint density at radius 3 is 2.88 bits per heavy atom. The molecule has 1 N–H and O–H groups in total. The molecule has 0 amide bonds. The Balaban J connectivity index is 2.07. The van der Waals surface area contributed by atoms with Crippen molar-refractivity contribution in [3.63, 3.8) is 0 Å². The summed E-state index contributed by atoms with van der Waals surface area (Å²) in [7, 11) is 1.90. The molecule has 2 heterocycles. The van der Waals surface area contributed by atoms with Gasteiger partial charge in [-0.3, -0.25) is 4.68 Å². The molecular formula is C10H12ClN5. The van der Waals surface area contributed by atoms with Gasteiger partial charge in [-0.15, -0.1) is 0 Å². The highest BCUT2D eigenvalue weighted by molar-refractivity contribution is 6.29. The topological polar surface area (TPSA) is 55.6 Å². The third kappa shape index (κ3) is 2.49. The quantitative estimate of drug-likeness (QED) is 0.827. The molecule has 0 atom stereocenters. The molecule has 0 saturated heterocycles. The summed E-state index contributed by atoms with van der Waals surface area (Å²) < 4.78 is 1.81. The minimum absolute atomic E-state index is 0.444. The number of nitrogens with one attached hydrogen (secondary N) is 1. The number of halogens is 1. The molecule has 0 bridgehead atoms. The van der Waals surface area contributed by atoms with Crippen LogP contribution in [-0.2, 0) is 13.6 Å². The molecule has 0 aliphatic heterocycles. The molecule has 0 unspecified atom stereocenters. The predicted octanol–water partition coefficient (Wildman–Crippen LogP) is 1.78. The number of rotatable bonds is 3. The fourth-order valence-corrected chi connectivity index (χ4v) is 1.60. The maximum absolute atomic E-state index is 5.83. The summed E-state index contributed by atoms with van der Waals surface area (Å²) in [4.78, 5) is 8.22. The molecule has 5 nitrogen and oxygen atoms in total. The fraction of sp³-hybridized carbons (Fsp3) is 0.300. The van der Waals surface area contributed by atoms with Crippen LogP contribution in [0.5, 0.6) is 0 Å². The monoisotopic (exact) mass is 237 g/mol. The first kappa shape index (κ1) is 10.9. The molecule has 0 aromatic carbocycles. The summed E-state index contributed by atoms with van der Waals surface area (Å²) in [5, 5.41) is 7.70. The van der Waals surface area contributed by atoms with E-state index in [0.717, 1.165) is 11.5 Å². The minimum atomic E-state index is 0.444. The largest absolute Gasteiger partial charge is 0.364 e. The molecule has 2 aromatic heterocycles. The van der Waals surface area contributed by atoms with Crippen LogP contribution in [0.15, 0.2) is 18.3 Å². The SMILES string of the molecule is Cc1nc(Cl)cc(NCc2ccnn2C)n1. The first-order valence-corrected chi connectivity index (χ1v) is 5.25. The van der Waals surface area contributed by atoms with Gasteiger partial charge >= 0.3 is 0 Å². The van der Waals surface area contributed by atoms with Gasteiger partial charge in [0.1, 0.15) is 16.8 Å². The lowest BCUT2D eigenvalue weighted by Gasteiger charge is -2.06. The normalized spacial score (nSPS) is 10.4. The Morgan fingerprint density at radius 2 is 2.25 bits per heavy atom. The highest BCUT2D eigenvalue weighted by Gasteiger charge is 2.01. The summed E-state index contributed by atoms with van der Waals surface area (Å²) in [6, 6.07) is 3.65. The summed E-state index contributed by atoms with van der Waals surface area (Å²) in [5.74, 6) is 1.37. The fourth-order valence-electron chi connectivity index (χ4n) is 1.38. The lowest BCUT2D eigenvalue weighted by atomic mass is 10.4. The molecule has 2 aromatic rings. The Bertz CT molecular complexity index is 473. The maximum atomic E-state index is 5.83. The van der Waals surface area contributed by atoms with Gasteiger partial charge < -0.3 is 5.32 Å². The van der Waals surface area contributed by atoms with Crippen LogP contribution in [-0.4, -0.2) is 19.7 Å². The highest BCUT2D eigenvalue weighted by Crippen LogP contribution is 2.12. The van der Waals surface area contributed by atoms with Crippen molar-refractivity contribution >= 4 is 17.4 Å². The van der Waals surface area contributed by atoms with Gasteiger partial charge in [0.2, 0.25) is 0 Å². The van der Waals surface area contributed by atoms with Crippen LogP contribution in [0.25, 0.3) is 0 Å². The van der Waals surface area contributed by atoms with Crippen LogP contribution in [0.4, 0.5) is 5.82 Å². The zero-order valence-electron chi connectivity index (χ0n) is 9.11. The molecule has 0 saturated carbocycles. The Hall–Kier alpha value is -1.62. The molecule has 0 spiro atoms. The lowest BCUT2D eigenvalue weighted by molar-refractivity contribution is 0.719. The summed E-state index contributed by atoms with van der Waals surface area (Å²) in [6.07, 6.45) is 1.76. The molecule has 0 aliphatic rings. The second-order valence-electron chi connectivity index (χ2n) is 3.42. The summed E-state index contributed by atoms with van der Waals surface area (Å²) in [6.45, 7) is 2.46. The van der Waals surface area contributed by atoms with E-state index in [2.05, 4.69) is 20.4 Å². The maximum Gasteiger partial charge on any atom is 0.134 e. The number of aryl methyl sites for hydroxylation is 2. The number of hydrogen-bond donors (Lipinski definition) is 1. The van der Waals surface area contributed by atoms with Crippen molar-refractivity contribution < 1.29 is 0 Å². The van der Waals surface area contributed by atoms with Gasteiger partial charge in [0.15, 0.2) is 0 Å². The van der Waals surface area contributed by atoms with Crippen molar-refractivity contribution in [1.82, 2.24) is 19.7 Å². The molecule has 2 rings (SSSR count). The number of anilines is 1.